The number of nitrogens with one attached hydrogen (secondary N) is 2. The number of fused-ring (bicyclic) bond motifs is 1. The standard InChI is InChI=1S/C21H25N3O4S2/c1-13(2)20(21(25)22-12-15-7-5-6-8-18(15)28-4)24-30(26,27)16-9-10-17-19(11-16)29-14(3)23-17/h5-11,13,20,24H,12H2,1-4H3,(H,22,25)/t20-/m0/s1. The van der Waals surface area contributed by atoms with Gasteiger partial charge in [0, 0.05) is 12.1 Å². The number of carbonyl (C=O) groups is 1. The fourth-order valence-electron chi connectivity index (χ4n) is 3.06. The van der Waals surface area contributed by atoms with Crippen LogP contribution in [-0.2, 0) is 21.4 Å². The minimum atomic E-state index is -3.88. The van der Waals surface area contributed by atoms with Gasteiger partial charge in [0.25, 0.3) is 0 Å². The molecular weight excluding hydrogens is 422 g/mol. The number of aryl methyl sites for hydroxylation is 1. The zero-order valence-corrected chi connectivity index (χ0v) is 18.9. The summed E-state index contributed by atoms with van der Waals surface area (Å²) in [5, 5.41) is 3.67. The number of hydrogen-bond acceptors (Lipinski definition) is 6. The number of benzene rings is 2. The molecule has 1 atom stereocenters. The van der Waals surface area contributed by atoms with Crippen molar-refractivity contribution in [2.75, 3.05) is 7.11 Å². The van der Waals surface area contributed by atoms with Crippen molar-refractivity contribution >= 4 is 37.5 Å². The summed E-state index contributed by atoms with van der Waals surface area (Å²) in [5.41, 5.74) is 1.57. The fourth-order valence-corrected chi connectivity index (χ4v) is 5.37. The average Bonchev–Trinajstić information content (AvgIpc) is 3.09. The van der Waals surface area contributed by atoms with E-state index in [2.05, 4.69) is 15.0 Å². The van der Waals surface area contributed by atoms with Gasteiger partial charge in [-0.2, -0.15) is 4.72 Å². The predicted molar refractivity (Wildman–Crippen MR) is 118 cm³/mol. The summed E-state index contributed by atoms with van der Waals surface area (Å²) in [6.07, 6.45) is 0. The molecule has 0 aliphatic carbocycles. The Hall–Kier alpha value is -2.49. The lowest BCUT2D eigenvalue weighted by Gasteiger charge is -2.22. The Morgan fingerprint density at radius 2 is 1.93 bits per heavy atom. The Kier molecular flexibility index (Phi) is 6.74. The van der Waals surface area contributed by atoms with E-state index in [9.17, 15) is 13.2 Å². The number of carbonyl (C=O) groups excluding carboxylic acids is 1. The second-order valence-corrected chi connectivity index (χ2v) is 10.2. The highest BCUT2D eigenvalue weighted by Gasteiger charge is 2.28. The molecule has 1 heterocycles. The van der Waals surface area contributed by atoms with Crippen molar-refractivity contribution in [3.05, 3.63) is 53.0 Å². The first-order chi connectivity index (χ1) is 14.2. The minimum Gasteiger partial charge on any atom is -0.496 e. The molecule has 0 unspecified atom stereocenters. The number of sulfonamides is 1. The summed E-state index contributed by atoms with van der Waals surface area (Å²) >= 11 is 1.43. The molecule has 1 aromatic heterocycles. The quantitative estimate of drug-likeness (QED) is 0.553. The molecule has 7 nitrogen and oxygen atoms in total. The molecule has 3 rings (SSSR count). The topological polar surface area (TPSA) is 97.4 Å². The van der Waals surface area contributed by atoms with Gasteiger partial charge in [-0.1, -0.05) is 32.0 Å². The molecule has 0 bridgehead atoms. The van der Waals surface area contributed by atoms with Crippen molar-refractivity contribution in [3.8, 4) is 5.75 Å². The van der Waals surface area contributed by atoms with E-state index in [4.69, 9.17) is 4.74 Å². The molecule has 9 heteroatoms. The molecule has 0 saturated carbocycles. The lowest BCUT2D eigenvalue weighted by atomic mass is 10.0. The Bertz CT molecular complexity index is 1160. The number of rotatable bonds is 8. The van der Waals surface area contributed by atoms with Crippen LogP contribution < -0.4 is 14.8 Å². The van der Waals surface area contributed by atoms with Crippen molar-refractivity contribution in [2.24, 2.45) is 5.92 Å². The van der Waals surface area contributed by atoms with Crippen LogP contribution in [-0.4, -0.2) is 32.5 Å². The van der Waals surface area contributed by atoms with E-state index in [0.717, 1.165) is 20.8 Å². The SMILES string of the molecule is COc1ccccc1CNC(=O)[C@@H](NS(=O)(=O)c1ccc2nc(C)sc2c1)C(C)C. The van der Waals surface area contributed by atoms with Crippen LogP contribution in [0.3, 0.4) is 0 Å². The van der Waals surface area contributed by atoms with Gasteiger partial charge >= 0.3 is 0 Å². The Morgan fingerprint density at radius 1 is 1.20 bits per heavy atom. The first-order valence-electron chi connectivity index (χ1n) is 9.50. The lowest BCUT2D eigenvalue weighted by molar-refractivity contribution is -0.123. The van der Waals surface area contributed by atoms with Crippen molar-refractivity contribution in [2.45, 2.75) is 38.3 Å². The van der Waals surface area contributed by atoms with Crippen LogP contribution in [0.1, 0.15) is 24.4 Å². The van der Waals surface area contributed by atoms with Gasteiger partial charge in [0.15, 0.2) is 0 Å². The monoisotopic (exact) mass is 447 g/mol. The molecule has 0 spiro atoms. The maximum Gasteiger partial charge on any atom is 0.241 e. The number of amides is 1. The summed E-state index contributed by atoms with van der Waals surface area (Å²) in [4.78, 5) is 17.3. The summed E-state index contributed by atoms with van der Waals surface area (Å²) in [6, 6.07) is 11.2. The Balaban J connectivity index is 1.76. The smallest absolute Gasteiger partial charge is 0.241 e. The Labute approximate surface area is 180 Å². The van der Waals surface area contributed by atoms with E-state index in [1.165, 1.54) is 17.4 Å². The number of para-hydroxylation sites is 1. The van der Waals surface area contributed by atoms with E-state index in [-0.39, 0.29) is 17.4 Å². The van der Waals surface area contributed by atoms with Crippen LogP contribution in [0, 0.1) is 12.8 Å². The Morgan fingerprint density at radius 3 is 2.63 bits per heavy atom. The van der Waals surface area contributed by atoms with E-state index in [1.807, 2.05) is 25.1 Å². The van der Waals surface area contributed by atoms with Crippen LogP contribution in [0.5, 0.6) is 5.75 Å². The normalized spacial score (nSPS) is 12.8. The molecule has 0 radical (unpaired) electrons. The molecule has 0 fully saturated rings. The van der Waals surface area contributed by atoms with Gasteiger partial charge in [-0.3, -0.25) is 4.79 Å². The average molecular weight is 448 g/mol. The maximum absolute atomic E-state index is 12.9. The summed E-state index contributed by atoms with van der Waals surface area (Å²) < 4.78 is 34.5. The van der Waals surface area contributed by atoms with Crippen molar-refractivity contribution in [1.82, 2.24) is 15.0 Å². The molecule has 1 amide bonds. The number of ether oxygens (including phenoxy) is 1. The molecule has 0 aliphatic heterocycles. The molecule has 3 aromatic rings. The van der Waals surface area contributed by atoms with E-state index < -0.39 is 22.0 Å². The predicted octanol–water partition coefficient (Wildman–Crippen LogP) is 3.23. The molecule has 2 N–H and O–H groups in total. The third-order valence-corrected chi connectivity index (χ3v) is 7.03. The van der Waals surface area contributed by atoms with E-state index >= 15 is 0 Å². The van der Waals surface area contributed by atoms with Crippen molar-refractivity contribution in [1.29, 1.82) is 0 Å². The molecule has 0 aliphatic rings. The molecule has 2 aromatic carbocycles. The van der Waals surface area contributed by atoms with Crippen LogP contribution in [0.4, 0.5) is 0 Å². The third-order valence-electron chi connectivity index (χ3n) is 4.65. The maximum atomic E-state index is 12.9. The minimum absolute atomic E-state index is 0.113. The van der Waals surface area contributed by atoms with E-state index in [0.29, 0.717) is 5.75 Å². The number of hydrogen-bond donors (Lipinski definition) is 2. The summed E-state index contributed by atoms with van der Waals surface area (Å²) in [7, 11) is -2.32. The number of nitrogens with zero attached hydrogens (tertiary/aromatic N) is 1. The number of thiazole rings is 1. The van der Waals surface area contributed by atoms with E-state index in [1.54, 1.807) is 39.2 Å². The van der Waals surface area contributed by atoms with Gasteiger partial charge in [0.05, 0.1) is 27.2 Å². The van der Waals surface area contributed by atoms with Gasteiger partial charge < -0.3 is 10.1 Å². The highest BCUT2D eigenvalue weighted by Crippen LogP contribution is 2.25. The third kappa shape index (κ3) is 4.97. The van der Waals surface area contributed by atoms with Crippen molar-refractivity contribution in [3.63, 3.8) is 0 Å². The molecule has 160 valence electrons. The van der Waals surface area contributed by atoms with Crippen LogP contribution in [0.15, 0.2) is 47.4 Å². The lowest BCUT2D eigenvalue weighted by Crippen LogP contribution is -2.49. The van der Waals surface area contributed by atoms with Crippen LogP contribution >= 0.6 is 11.3 Å². The second kappa shape index (κ2) is 9.11. The van der Waals surface area contributed by atoms with Gasteiger partial charge in [-0.05, 0) is 37.1 Å². The molecular formula is C21H25N3O4S2. The van der Waals surface area contributed by atoms with Gasteiger partial charge in [-0.15, -0.1) is 11.3 Å². The first-order valence-corrected chi connectivity index (χ1v) is 11.8. The second-order valence-electron chi connectivity index (χ2n) is 7.24. The van der Waals surface area contributed by atoms with Gasteiger partial charge in [-0.25, -0.2) is 13.4 Å². The van der Waals surface area contributed by atoms with Crippen LogP contribution in [0.25, 0.3) is 10.2 Å². The highest BCUT2D eigenvalue weighted by atomic mass is 32.2. The summed E-state index contributed by atoms with van der Waals surface area (Å²) in [5.74, 6) is 0.0219. The number of methoxy groups -OCH3 is 1. The van der Waals surface area contributed by atoms with Gasteiger partial charge in [0.2, 0.25) is 15.9 Å². The molecule has 30 heavy (non-hydrogen) atoms. The largest absolute Gasteiger partial charge is 0.496 e. The zero-order valence-electron chi connectivity index (χ0n) is 17.3. The fraction of sp³-hybridized carbons (Fsp3) is 0.333. The van der Waals surface area contributed by atoms with Crippen LogP contribution in [0.2, 0.25) is 0 Å². The number of aromatic nitrogens is 1. The van der Waals surface area contributed by atoms with Gasteiger partial charge in [0.1, 0.15) is 11.8 Å². The van der Waals surface area contributed by atoms with Crippen molar-refractivity contribution < 1.29 is 17.9 Å². The first kappa shape index (κ1) is 22.2. The summed E-state index contributed by atoms with van der Waals surface area (Å²) in [6.45, 7) is 5.70. The highest BCUT2D eigenvalue weighted by molar-refractivity contribution is 7.89. The molecule has 0 saturated heterocycles. The zero-order chi connectivity index (χ0) is 21.9.